The molecule has 0 unspecified atom stereocenters. The van der Waals surface area contributed by atoms with E-state index in [1.54, 1.807) is 5.38 Å². The number of rotatable bonds is 4. The molecule has 1 aromatic carbocycles. The number of thiazole rings is 1. The van der Waals surface area contributed by atoms with Crippen LogP contribution in [-0.2, 0) is 6.42 Å². The lowest BCUT2D eigenvalue weighted by Gasteiger charge is -2.07. The molecule has 0 spiro atoms. The molecule has 0 saturated heterocycles. The van der Waals surface area contributed by atoms with E-state index in [2.05, 4.69) is 10.3 Å². The van der Waals surface area contributed by atoms with Crippen molar-refractivity contribution < 1.29 is 4.79 Å². The minimum absolute atomic E-state index is 0.310. The summed E-state index contributed by atoms with van der Waals surface area (Å²) in [7, 11) is 0. The van der Waals surface area contributed by atoms with Crippen molar-refractivity contribution in [1.82, 2.24) is 4.98 Å². The monoisotopic (exact) mass is 349 g/mol. The number of carbonyl (C=O) groups is 1. The lowest BCUT2D eigenvalue weighted by molar-refractivity contribution is 0.102. The number of hydrogen-bond donors (Lipinski definition) is 2. The second-order valence-corrected chi connectivity index (χ2v) is 6.03. The first-order valence-electron chi connectivity index (χ1n) is 5.61. The molecular weight excluding hydrogens is 341 g/mol. The van der Waals surface area contributed by atoms with Crippen molar-refractivity contribution in [3.8, 4) is 0 Å². The van der Waals surface area contributed by atoms with Crippen LogP contribution in [-0.4, -0.2) is 17.4 Å². The molecule has 0 aliphatic rings. The Labute approximate surface area is 134 Å². The summed E-state index contributed by atoms with van der Waals surface area (Å²) >= 11 is 19.1. The molecular formula is C12H10Cl3N3OS. The number of nitrogens with two attached hydrogens (primary N) is 1. The molecule has 1 heterocycles. The number of benzene rings is 1. The van der Waals surface area contributed by atoms with Crippen molar-refractivity contribution in [2.24, 2.45) is 5.73 Å². The normalized spacial score (nSPS) is 10.6. The van der Waals surface area contributed by atoms with Crippen LogP contribution < -0.4 is 11.1 Å². The Balaban J connectivity index is 2.16. The molecule has 8 heteroatoms. The van der Waals surface area contributed by atoms with E-state index in [4.69, 9.17) is 40.5 Å². The fourth-order valence-corrected chi connectivity index (χ4v) is 2.85. The molecule has 3 N–H and O–H groups in total. The first-order chi connectivity index (χ1) is 9.51. The van der Waals surface area contributed by atoms with Crippen LogP contribution in [0.1, 0.15) is 15.5 Å². The van der Waals surface area contributed by atoms with E-state index in [9.17, 15) is 4.79 Å². The van der Waals surface area contributed by atoms with Gasteiger partial charge in [0.25, 0.3) is 5.91 Å². The number of aromatic nitrogens is 1. The van der Waals surface area contributed by atoms with Crippen LogP contribution in [0.15, 0.2) is 17.5 Å². The van der Waals surface area contributed by atoms with Gasteiger partial charge in [-0.05, 0) is 18.7 Å². The highest BCUT2D eigenvalue weighted by atomic mass is 35.5. The van der Waals surface area contributed by atoms with Crippen LogP contribution in [0.3, 0.4) is 0 Å². The van der Waals surface area contributed by atoms with Gasteiger partial charge in [-0.15, -0.1) is 11.3 Å². The molecule has 1 amide bonds. The minimum atomic E-state index is -0.357. The highest BCUT2D eigenvalue weighted by Crippen LogP contribution is 2.32. The molecule has 1 aromatic heterocycles. The summed E-state index contributed by atoms with van der Waals surface area (Å²) in [5.74, 6) is -0.357. The van der Waals surface area contributed by atoms with Gasteiger partial charge in [-0.3, -0.25) is 4.79 Å². The summed E-state index contributed by atoms with van der Waals surface area (Å²) in [5, 5.41) is 6.09. The second kappa shape index (κ2) is 6.74. The molecule has 0 aliphatic carbocycles. The fraction of sp³-hybridized carbons (Fsp3) is 0.167. The van der Waals surface area contributed by atoms with E-state index in [0.717, 1.165) is 5.01 Å². The van der Waals surface area contributed by atoms with Crippen LogP contribution in [0.25, 0.3) is 0 Å². The fourth-order valence-electron chi connectivity index (χ4n) is 1.46. The smallest absolute Gasteiger partial charge is 0.275 e. The van der Waals surface area contributed by atoms with Gasteiger partial charge in [0.1, 0.15) is 5.69 Å². The molecule has 2 rings (SSSR count). The average molecular weight is 351 g/mol. The number of halogens is 3. The summed E-state index contributed by atoms with van der Waals surface area (Å²) in [6.07, 6.45) is 0.644. The topological polar surface area (TPSA) is 68.0 Å². The largest absolute Gasteiger partial charge is 0.330 e. The molecule has 0 bridgehead atoms. The van der Waals surface area contributed by atoms with Crippen molar-refractivity contribution in [3.63, 3.8) is 0 Å². The van der Waals surface area contributed by atoms with Gasteiger partial charge in [0.15, 0.2) is 0 Å². The van der Waals surface area contributed by atoms with Crippen LogP contribution in [0.5, 0.6) is 0 Å². The first kappa shape index (κ1) is 15.5. The van der Waals surface area contributed by atoms with E-state index in [1.165, 1.54) is 23.5 Å². The molecule has 106 valence electrons. The maximum absolute atomic E-state index is 12.0. The van der Waals surface area contributed by atoms with Crippen molar-refractivity contribution in [3.05, 3.63) is 43.3 Å². The Morgan fingerprint density at radius 3 is 2.65 bits per heavy atom. The van der Waals surface area contributed by atoms with Crippen molar-refractivity contribution in [2.75, 3.05) is 11.9 Å². The molecule has 0 fully saturated rings. The Morgan fingerprint density at radius 1 is 1.25 bits per heavy atom. The van der Waals surface area contributed by atoms with Gasteiger partial charge in [-0.25, -0.2) is 4.98 Å². The van der Waals surface area contributed by atoms with Crippen molar-refractivity contribution in [1.29, 1.82) is 0 Å². The van der Waals surface area contributed by atoms with E-state index >= 15 is 0 Å². The number of hydrogen-bond acceptors (Lipinski definition) is 4. The van der Waals surface area contributed by atoms with Crippen LogP contribution in [0, 0.1) is 0 Å². The van der Waals surface area contributed by atoms with Crippen molar-refractivity contribution >= 4 is 57.7 Å². The van der Waals surface area contributed by atoms with Crippen LogP contribution in [0.4, 0.5) is 5.69 Å². The molecule has 4 nitrogen and oxygen atoms in total. The lowest BCUT2D eigenvalue weighted by atomic mass is 10.3. The SMILES string of the molecule is NCCc1nc(C(=O)Nc2cc(Cl)c(Cl)cc2Cl)cs1. The number of carbonyl (C=O) groups excluding carboxylic acids is 1. The maximum atomic E-state index is 12.0. The van der Waals surface area contributed by atoms with Gasteiger partial charge in [0.05, 0.1) is 25.8 Å². The highest BCUT2D eigenvalue weighted by molar-refractivity contribution is 7.09. The zero-order chi connectivity index (χ0) is 14.7. The standard InChI is InChI=1S/C12H10Cl3N3OS/c13-6-3-8(15)9(4-7(6)14)18-12(19)10-5-20-11(17-10)1-2-16/h3-5H,1-2,16H2,(H,18,19). The minimum Gasteiger partial charge on any atom is -0.330 e. The highest BCUT2D eigenvalue weighted by Gasteiger charge is 2.13. The summed E-state index contributed by atoms with van der Waals surface area (Å²) in [6, 6.07) is 2.97. The van der Waals surface area contributed by atoms with Gasteiger partial charge in [0, 0.05) is 11.8 Å². The summed E-state index contributed by atoms with van der Waals surface area (Å²) in [5.41, 5.74) is 6.15. The predicted octanol–water partition coefficient (Wildman–Crippen LogP) is 3.86. The zero-order valence-electron chi connectivity index (χ0n) is 10.1. The van der Waals surface area contributed by atoms with Gasteiger partial charge in [-0.1, -0.05) is 34.8 Å². The van der Waals surface area contributed by atoms with Gasteiger partial charge in [0.2, 0.25) is 0 Å². The van der Waals surface area contributed by atoms with E-state index in [-0.39, 0.29) is 5.91 Å². The second-order valence-electron chi connectivity index (χ2n) is 3.87. The first-order valence-corrected chi connectivity index (χ1v) is 7.63. The van der Waals surface area contributed by atoms with E-state index in [1.807, 2.05) is 0 Å². The number of amides is 1. The quantitative estimate of drug-likeness (QED) is 0.823. The number of nitrogens with zero attached hydrogens (tertiary/aromatic N) is 1. The van der Waals surface area contributed by atoms with Crippen molar-refractivity contribution in [2.45, 2.75) is 6.42 Å². The molecule has 20 heavy (non-hydrogen) atoms. The number of anilines is 1. The molecule has 0 radical (unpaired) electrons. The Morgan fingerprint density at radius 2 is 1.95 bits per heavy atom. The lowest BCUT2D eigenvalue weighted by Crippen LogP contribution is -2.13. The van der Waals surface area contributed by atoms with E-state index in [0.29, 0.717) is 39.4 Å². The third-order valence-corrected chi connectivity index (χ3v) is 4.34. The predicted molar refractivity (Wildman–Crippen MR) is 84.3 cm³/mol. The summed E-state index contributed by atoms with van der Waals surface area (Å²) in [6.45, 7) is 0.493. The van der Waals surface area contributed by atoms with Gasteiger partial charge >= 0.3 is 0 Å². The molecule has 2 aromatic rings. The molecule has 0 aliphatic heterocycles. The Hall–Kier alpha value is -0.850. The third kappa shape index (κ3) is 3.62. The van der Waals surface area contributed by atoms with E-state index < -0.39 is 0 Å². The Bertz CT molecular complexity index is 645. The average Bonchev–Trinajstić information content (AvgIpc) is 2.85. The van der Waals surface area contributed by atoms with Crippen LogP contribution in [0.2, 0.25) is 15.1 Å². The van der Waals surface area contributed by atoms with Gasteiger partial charge in [-0.2, -0.15) is 0 Å². The Kier molecular flexibility index (Phi) is 5.23. The van der Waals surface area contributed by atoms with Crippen LogP contribution >= 0.6 is 46.1 Å². The summed E-state index contributed by atoms with van der Waals surface area (Å²) in [4.78, 5) is 16.2. The molecule has 0 saturated carbocycles. The molecule has 0 atom stereocenters. The maximum Gasteiger partial charge on any atom is 0.275 e. The third-order valence-electron chi connectivity index (χ3n) is 2.40. The van der Waals surface area contributed by atoms with Gasteiger partial charge < -0.3 is 11.1 Å². The zero-order valence-corrected chi connectivity index (χ0v) is 13.2. The number of nitrogens with one attached hydrogen (secondary N) is 1. The summed E-state index contributed by atoms with van der Waals surface area (Å²) < 4.78 is 0.